The van der Waals surface area contributed by atoms with E-state index in [0.29, 0.717) is 6.54 Å². The van der Waals surface area contributed by atoms with Crippen LogP contribution in [-0.2, 0) is 6.42 Å². The second kappa shape index (κ2) is 7.01. The quantitative estimate of drug-likeness (QED) is 0.750. The SMILES string of the molecule is C#CCN(CCc1ccc(Br)cc1)c1ccccc1. The summed E-state index contributed by atoms with van der Waals surface area (Å²) >= 11 is 3.45. The molecule has 2 aromatic rings. The monoisotopic (exact) mass is 313 g/mol. The summed E-state index contributed by atoms with van der Waals surface area (Å²) in [4.78, 5) is 2.22. The summed E-state index contributed by atoms with van der Waals surface area (Å²) in [5.74, 6) is 2.73. The standard InChI is InChI=1S/C17H16BrN/c1-2-13-19(17-6-4-3-5-7-17)14-12-15-8-10-16(18)11-9-15/h1,3-11H,12-14H2. The molecular weight excluding hydrogens is 298 g/mol. The molecule has 0 atom stereocenters. The molecule has 1 nitrogen and oxygen atoms in total. The van der Waals surface area contributed by atoms with E-state index in [1.165, 1.54) is 11.3 Å². The average Bonchev–Trinajstić information content (AvgIpc) is 2.46. The molecule has 96 valence electrons. The first-order valence-corrected chi connectivity index (χ1v) is 7.07. The van der Waals surface area contributed by atoms with Crippen molar-refractivity contribution < 1.29 is 0 Å². The Kier molecular flexibility index (Phi) is 5.06. The van der Waals surface area contributed by atoms with Gasteiger partial charge in [-0.15, -0.1) is 6.42 Å². The van der Waals surface area contributed by atoms with Crippen molar-refractivity contribution in [3.63, 3.8) is 0 Å². The summed E-state index contributed by atoms with van der Waals surface area (Å²) in [5.41, 5.74) is 2.50. The highest BCUT2D eigenvalue weighted by Gasteiger charge is 2.04. The lowest BCUT2D eigenvalue weighted by molar-refractivity contribution is 0.844. The van der Waals surface area contributed by atoms with Crippen LogP contribution in [0.25, 0.3) is 0 Å². The van der Waals surface area contributed by atoms with E-state index in [-0.39, 0.29) is 0 Å². The first-order chi connectivity index (χ1) is 9.29. The molecule has 0 aliphatic rings. The Morgan fingerprint density at radius 3 is 2.32 bits per heavy atom. The topological polar surface area (TPSA) is 3.24 Å². The van der Waals surface area contributed by atoms with E-state index in [9.17, 15) is 0 Å². The van der Waals surface area contributed by atoms with Gasteiger partial charge in [0, 0.05) is 16.7 Å². The number of hydrogen-bond acceptors (Lipinski definition) is 1. The van der Waals surface area contributed by atoms with Gasteiger partial charge in [-0.2, -0.15) is 0 Å². The maximum atomic E-state index is 5.46. The smallest absolute Gasteiger partial charge is 0.0791 e. The Labute approximate surface area is 123 Å². The number of anilines is 1. The zero-order valence-electron chi connectivity index (χ0n) is 10.7. The molecule has 19 heavy (non-hydrogen) atoms. The molecule has 2 aromatic carbocycles. The van der Waals surface area contributed by atoms with Crippen LogP contribution in [0, 0.1) is 12.3 Å². The first-order valence-electron chi connectivity index (χ1n) is 6.27. The molecule has 0 bridgehead atoms. The summed E-state index contributed by atoms with van der Waals surface area (Å²) in [7, 11) is 0. The van der Waals surface area contributed by atoms with Crippen LogP contribution in [0.5, 0.6) is 0 Å². The van der Waals surface area contributed by atoms with E-state index in [0.717, 1.165) is 17.4 Å². The highest BCUT2D eigenvalue weighted by molar-refractivity contribution is 9.10. The van der Waals surface area contributed by atoms with Gasteiger partial charge in [0.25, 0.3) is 0 Å². The fraction of sp³-hybridized carbons (Fsp3) is 0.176. The van der Waals surface area contributed by atoms with Gasteiger partial charge in [0.15, 0.2) is 0 Å². The Hall–Kier alpha value is -1.72. The van der Waals surface area contributed by atoms with Crippen molar-refractivity contribution in [2.45, 2.75) is 6.42 Å². The molecule has 0 fully saturated rings. The van der Waals surface area contributed by atoms with Crippen LogP contribution in [0.4, 0.5) is 5.69 Å². The summed E-state index contributed by atoms with van der Waals surface area (Å²) in [6, 6.07) is 18.7. The van der Waals surface area contributed by atoms with Crippen molar-refractivity contribution >= 4 is 21.6 Å². The van der Waals surface area contributed by atoms with E-state index in [2.05, 4.69) is 63.1 Å². The predicted octanol–water partition coefficient (Wildman–Crippen LogP) is 4.13. The molecule has 0 spiro atoms. The largest absolute Gasteiger partial charge is 0.360 e. The number of rotatable bonds is 5. The van der Waals surface area contributed by atoms with Crippen molar-refractivity contribution in [2.24, 2.45) is 0 Å². The summed E-state index contributed by atoms with van der Waals surface area (Å²) in [5, 5.41) is 0. The van der Waals surface area contributed by atoms with Crippen LogP contribution < -0.4 is 4.90 Å². The summed E-state index contributed by atoms with van der Waals surface area (Å²) in [6.45, 7) is 1.57. The van der Waals surface area contributed by atoms with Gasteiger partial charge >= 0.3 is 0 Å². The average molecular weight is 314 g/mol. The maximum Gasteiger partial charge on any atom is 0.0791 e. The number of terminal acetylenes is 1. The number of halogens is 1. The van der Waals surface area contributed by atoms with Gasteiger partial charge in [0.2, 0.25) is 0 Å². The Bertz CT molecular complexity index is 540. The third-order valence-electron chi connectivity index (χ3n) is 2.99. The molecule has 0 N–H and O–H groups in total. The molecule has 0 amide bonds. The minimum atomic E-state index is 0.639. The molecule has 0 aliphatic heterocycles. The number of benzene rings is 2. The molecule has 0 unspecified atom stereocenters. The van der Waals surface area contributed by atoms with Crippen LogP contribution >= 0.6 is 15.9 Å². The maximum absolute atomic E-state index is 5.46. The van der Waals surface area contributed by atoms with Gasteiger partial charge in [0.05, 0.1) is 6.54 Å². The van der Waals surface area contributed by atoms with Crippen LogP contribution in [0.15, 0.2) is 59.1 Å². The predicted molar refractivity (Wildman–Crippen MR) is 85.3 cm³/mol. The van der Waals surface area contributed by atoms with Gasteiger partial charge in [0.1, 0.15) is 0 Å². The van der Waals surface area contributed by atoms with Crippen LogP contribution in [0.2, 0.25) is 0 Å². The molecule has 0 saturated heterocycles. The van der Waals surface area contributed by atoms with Gasteiger partial charge in [-0.3, -0.25) is 0 Å². The Morgan fingerprint density at radius 1 is 1.00 bits per heavy atom. The number of nitrogens with zero attached hydrogens (tertiary/aromatic N) is 1. The van der Waals surface area contributed by atoms with E-state index in [1.54, 1.807) is 0 Å². The summed E-state index contributed by atoms with van der Waals surface area (Å²) < 4.78 is 1.11. The lowest BCUT2D eigenvalue weighted by Gasteiger charge is -2.22. The molecule has 2 rings (SSSR count). The fourth-order valence-electron chi connectivity index (χ4n) is 1.96. The normalized spacial score (nSPS) is 9.89. The van der Waals surface area contributed by atoms with Gasteiger partial charge < -0.3 is 4.90 Å². The minimum absolute atomic E-state index is 0.639. The third-order valence-corrected chi connectivity index (χ3v) is 3.52. The fourth-order valence-corrected chi connectivity index (χ4v) is 2.23. The Morgan fingerprint density at radius 2 is 1.68 bits per heavy atom. The third kappa shape index (κ3) is 4.15. The highest BCUT2D eigenvalue weighted by atomic mass is 79.9. The zero-order chi connectivity index (χ0) is 13.5. The molecule has 0 saturated carbocycles. The van der Waals surface area contributed by atoms with E-state index in [4.69, 9.17) is 6.42 Å². The highest BCUT2D eigenvalue weighted by Crippen LogP contribution is 2.15. The molecule has 0 aromatic heterocycles. The Balaban J connectivity index is 2.02. The van der Waals surface area contributed by atoms with Crippen molar-refractivity contribution in [1.82, 2.24) is 0 Å². The first kappa shape index (κ1) is 13.7. The molecule has 0 heterocycles. The lowest BCUT2D eigenvalue weighted by atomic mass is 10.1. The molecule has 0 aliphatic carbocycles. The van der Waals surface area contributed by atoms with E-state index >= 15 is 0 Å². The second-order valence-corrected chi connectivity index (χ2v) is 5.25. The van der Waals surface area contributed by atoms with Gasteiger partial charge in [-0.05, 0) is 36.2 Å². The minimum Gasteiger partial charge on any atom is -0.360 e. The molecular formula is C17H16BrN. The molecule has 2 heteroatoms. The van der Waals surface area contributed by atoms with E-state index < -0.39 is 0 Å². The van der Waals surface area contributed by atoms with Crippen molar-refractivity contribution in [3.8, 4) is 12.3 Å². The molecule has 0 radical (unpaired) electrons. The van der Waals surface area contributed by atoms with Crippen LogP contribution in [0.3, 0.4) is 0 Å². The van der Waals surface area contributed by atoms with Crippen molar-refractivity contribution in [3.05, 3.63) is 64.6 Å². The lowest BCUT2D eigenvalue weighted by Crippen LogP contribution is -2.26. The van der Waals surface area contributed by atoms with Gasteiger partial charge in [-0.1, -0.05) is 52.2 Å². The zero-order valence-corrected chi connectivity index (χ0v) is 12.3. The van der Waals surface area contributed by atoms with E-state index in [1.807, 2.05) is 18.2 Å². The second-order valence-electron chi connectivity index (χ2n) is 4.34. The van der Waals surface area contributed by atoms with Gasteiger partial charge in [-0.25, -0.2) is 0 Å². The number of para-hydroxylation sites is 1. The van der Waals surface area contributed by atoms with Crippen molar-refractivity contribution in [1.29, 1.82) is 0 Å². The van der Waals surface area contributed by atoms with Crippen molar-refractivity contribution in [2.75, 3.05) is 18.0 Å². The number of hydrogen-bond donors (Lipinski definition) is 0. The summed E-state index contributed by atoms with van der Waals surface area (Å²) in [6.07, 6.45) is 6.45. The van der Waals surface area contributed by atoms with Crippen LogP contribution in [0.1, 0.15) is 5.56 Å². The van der Waals surface area contributed by atoms with Crippen LogP contribution in [-0.4, -0.2) is 13.1 Å².